The zero-order valence-electron chi connectivity index (χ0n) is 11.9. The molecule has 6 heteroatoms. The van der Waals surface area contributed by atoms with Gasteiger partial charge in [0, 0.05) is 17.2 Å². The molecule has 1 unspecified atom stereocenters. The van der Waals surface area contributed by atoms with E-state index in [1.54, 1.807) is 24.3 Å². The quantitative estimate of drug-likeness (QED) is 0.888. The van der Waals surface area contributed by atoms with E-state index in [0.717, 1.165) is 0 Å². The summed E-state index contributed by atoms with van der Waals surface area (Å²) in [7, 11) is 0. The Morgan fingerprint density at radius 2 is 2.10 bits per heavy atom. The van der Waals surface area contributed by atoms with Crippen LogP contribution in [-0.4, -0.2) is 21.7 Å². The van der Waals surface area contributed by atoms with E-state index in [9.17, 15) is 9.90 Å². The monoisotopic (exact) mass is 308 g/mol. The number of nitrogens with zero attached hydrogens (tertiary/aromatic N) is 1. The molecule has 1 atom stereocenters. The van der Waals surface area contributed by atoms with Crippen molar-refractivity contribution in [1.82, 2.24) is 9.97 Å². The molecule has 1 heterocycles. The second kappa shape index (κ2) is 6.74. The van der Waals surface area contributed by atoms with E-state index < -0.39 is 5.56 Å². The molecule has 0 radical (unpaired) electrons. The lowest BCUT2D eigenvalue weighted by molar-refractivity contribution is 0.0529. The van der Waals surface area contributed by atoms with Gasteiger partial charge in [0.25, 0.3) is 5.56 Å². The third kappa shape index (κ3) is 3.25. The van der Waals surface area contributed by atoms with Crippen molar-refractivity contribution >= 4 is 11.6 Å². The third-order valence-corrected chi connectivity index (χ3v) is 3.44. The molecule has 0 amide bonds. The first kappa shape index (κ1) is 15.5. The maximum Gasteiger partial charge on any atom is 0.262 e. The van der Waals surface area contributed by atoms with Gasteiger partial charge in [0.15, 0.2) is 0 Å². The number of halogens is 1. The van der Waals surface area contributed by atoms with E-state index >= 15 is 0 Å². The van der Waals surface area contributed by atoms with Crippen molar-refractivity contribution in [2.75, 3.05) is 6.61 Å². The molecule has 0 bridgehead atoms. The second-order valence-corrected chi connectivity index (χ2v) is 4.89. The summed E-state index contributed by atoms with van der Waals surface area (Å²) in [5, 5.41) is 10.5. The Morgan fingerprint density at radius 1 is 1.38 bits per heavy atom. The van der Waals surface area contributed by atoms with Crippen molar-refractivity contribution < 1.29 is 9.84 Å². The van der Waals surface area contributed by atoms with Gasteiger partial charge >= 0.3 is 0 Å². The summed E-state index contributed by atoms with van der Waals surface area (Å²) in [6, 6.07) is 6.80. The number of nitrogens with one attached hydrogen (secondary N) is 1. The van der Waals surface area contributed by atoms with Gasteiger partial charge in [-0.3, -0.25) is 4.79 Å². The van der Waals surface area contributed by atoms with Crippen molar-refractivity contribution in [3.63, 3.8) is 0 Å². The number of hydrogen-bond acceptors (Lipinski definition) is 4. The van der Waals surface area contributed by atoms with E-state index in [4.69, 9.17) is 16.3 Å². The molecule has 112 valence electrons. The van der Waals surface area contributed by atoms with Gasteiger partial charge in [-0.05, 0) is 19.4 Å². The third-order valence-electron chi connectivity index (χ3n) is 3.11. The summed E-state index contributed by atoms with van der Waals surface area (Å²) in [5.74, 6) is -0.0299. The molecule has 21 heavy (non-hydrogen) atoms. The standard InChI is InChI=1S/C15H17ClN2O3/c1-3-11(21-4-2)13-17-14(19)12(15(20)18-13)9-7-5-6-8-10(9)16/h5-8,11H,3-4H2,1-2H3,(H2,17,18,19,20). The molecule has 1 aromatic heterocycles. The molecule has 2 aromatic rings. The predicted octanol–water partition coefficient (Wildman–Crippen LogP) is 3.28. The van der Waals surface area contributed by atoms with Crippen molar-refractivity contribution in [3.05, 3.63) is 45.5 Å². The smallest absolute Gasteiger partial charge is 0.262 e. The van der Waals surface area contributed by atoms with Gasteiger partial charge in [-0.2, -0.15) is 4.98 Å². The number of H-pyrrole nitrogens is 1. The lowest BCUT2D eigenvalue weighted by Gasteiger charge is -2.15. The summed E-state index contributed by atoms with van der Waals surface area (Å²) >= 11 is 6.07. The van der Waals surface area contributed by atoms with E-state index in [-0.39, 0.29) is 17.5 Å². The average molecular weight is 309 g/mol. The van der Waals surface area contributed by atoms with Crippen LogP contribution >= 0.6 is 11.6 Å². The van der Waals surface area contributed by atoms with Crippen LogP contribution in [0.1, 0.15) is 32.2 Å². The van der Waals surface area contributed by atoms with Crippen molar-refractivity contribution in [2.24, 2.45) is 0 Å². The first-order chi connectivity index (χ1) is 10.1. The first-order valence-electron chi connectivity index (χ1n) is 6.78. The summed E-state index contributed by atoms with van der Waals surface area (Å²) in [6.45, 7) is 4.27. The molecule has 5 nitrogen and oxygen atoms in total. The van der Waals surface area contributed by atoms with Gasteiger partial charge in [-0.25, -0.2) is 0 Å². The molecule has 0 aliphatic heterocycles. The zero-order valence-corrected chi connectivity index (χ0v) is 12.6. The van der Waals surface area contributed by atoms with Gasteiger partial charge < -0.3 is 14.8 Å². The Labute approximate surface area is 127 Å². The lowest BCUT2D eigenvalue weighted by atomic mass is 10.1. The maximum absolute atomic E-state index is 12.3. The van der Waals surface area contributed by atoms with Crippen LogP contribution in [0.2, 0.25) is 5.02 Å². The van der Waals surface area contributed by atoms with Crippen molar-refractivity contribution in [3.8, 4) is 17.0 Å². The Balaban J connectivity index is 2.53. The molecule has 0 aliphatic carbocycles. The van der Waals surface area contributed by atoms with Gasteiger partial charge in [-0.1, -0.05) is 36.7 Å². The van der Waals surface area contributed by atoms with Crippen LogP contribution in [0.25, 0.3) is 11.1 Å². The number of aromatic hydroxyl groups is 1. The Morgan fingerprint density at radius 3 is 2.67 bits per heavy atom. The molecule has 0 saturated carbocycles. The highest BCUT2D eigenvalue weighted by Gasteiger charge is 2.19. The summed E-state index contributed by atoms with van der Waals surface area (Å²) in [6.07, 6.45) is 0.288. The fourth-order valence-electron chi connectivity index (χ4n) is 2.13. The minimum Gasteiger partial charge on any atom is -0.493 e. The Bertz CT molecular complexity index is 685. The highest BCUT2D eigenvalue weighted by molar-refractivity contribution is 6.33. The van der Waals surface area contributed by atoms with Crippen molar-refractivity contribution in [1.29, 1.82) is 0 Å². The Kier molecular flexibility index (Phi) is 4.98. The summed E-state index contributed by atoms with van der Waals surface area (Å²) in [4.78, 5) is 19.0. The molecule has 2 N–H and O–H groups in total. The molecule has 0 spiro atoms. The lowest BCUT2D eigenvalue weighted by Crippen LogP contribution is -2.18. The molecule has 0 aliphatic rings. The fraction of sp³-hybridized carbons (Fsp3) is 0.333. The van der Waals surface area contributed by atoms with Crippen LogP contribution in [0, 0.1) is 0 Å². The van der Waals surface area contributed by atoms with Gasteiger partial charge in [0.05, 0.1) is 0 Å². The van der Waals surface area contributed by atoms with Crippen LogP contribution < -0.4 is 5.56 Å². The van der Waals surface area contributed by atoms with Crippen LogP contribution in [0.4, 0.5) is 0 Å². The highest BCUT2D eigenvalue weighted by atomic mass is 35.5. The minimum absolute atomic E-state index is 0.0655. The minimum atomic E-state index is -0.441. The van der Waals surface area contributed by atoms with Crippen LogP contribution in [0.3, 0.4) is 0 Å². The number of hydrogen-bond donors (Lipinski definition) is 2. The number of rotatable bonds is 5. The van der Waals surface area contributed by atoms with Crippen LogP contribution in [-0.2, 0) is 4.74 Å². The number of aromatic amines is 1. The SMILES string of the molecule is CCOC(CC)c1nc(O)c(-c2ccccc2Cl)c(=O)[nH]1. The van der Waals surface area contributed by atoms with Crippen molar-refractivity contribution in [2.45, 2.75) is 26.4 Å². The van der Waals surface area contributed by atoms with Crippen LogP contribution in [0.15, 0.2) is 29.1 Å². The van der Waals surface area contributed by atoms with E-state index in [1.807, 2.05) is 13.8 Å². The average Bonchev–Trinajstić information content (AvgIpc) is 2.46. The zero-order chi connectivity index (χ0) is 15.4. The molecule has 1 aromatic carbocycles. The largest absolute Gasteiger partial charge is 0.493 e. The van der Waals surface area contributed by atoms with Gasteiger partial charge in [-0.15, -0.1) is 0 Å². The van der Waals surface area contributed by atoms with Crippen LogP contribution in [0.5, 0.6) is 5.88 Å². The van der Waals surface area contributed by atoms with Gasteiger partial charge in [0.1, 0.15) is 17.5 Å². The fourth-order valence-corrected chi connectivity index (χ4v) is 2.36. The van der Waals surface area contributed by atoms with E-state index in [0.29, 0.717) is 29.4 Å². The summed E-state index contributed by atoms with van der Waals surface area (Å²) in [5.41, 5.74) is 0.0703. The first-order valence-corrected chi connectivity index (χ1v) is 7.15. The van der Waals surface area contributed by atoms with E-state index in [2.05, 4.69) is 9.97 Å². The number of aromatic nitrogens is 2. The molecule has 0 saturated heterocycles. The summed E-state index contributed by atoms with van der Waals surface area (Å²) < 4.78 is 5.49. The molecular formula is C15H17ClN2O3. The normalized spacial score (nSPS) is 12.3. The highest BCUT2D eigenvalue weighted by Crippen LogP contribution is 2.30. The van der Waals surface area contributed by atoms with E-state index in [1.165, 1.54) is 0 Å². The number of benzene rings is 1. The molecule has 2 rings (SSSR count). The maximum atomic E-state index is 12.3. The topological polar surface area (TPSA) is 75.2 Å². The molecular weight excluding hydrogens is 292 g/mol. The van der Waals surface area contributed by atoms with Gasteiger partial charge in [0.2, 0.25) is 5.88 Å². The Hall–Kier alpha value is -1.85. The number of ether oxygens (including phenoxy) is 1. The molecule has 0 fully saturated rings. The second-order valence-electron chi connectivity index (χ2n) is 4.48. The predicted molar refractivity (Wildman–Crippen MR) is 81.6 cm³/mol.